The molecule has 0 radical (unpaired) electrons. The van der Waals surface area contributed by atoms with Crippen LogP contribution in [0.5, 0.6) is 0 Å². The van der Waals surface area contributed by atoms with Gasteiger partial charge in [0.25, 0.3) is 11.4 Å². The number of hydrogen-bond acceptors (Lipinski definition) is 5. The van der Waals surface area contributed by atoms with Crippen molar-refractivity contribution in [3.63, 3.8) is 0 Å². The molecule has 132 valence electrons. The van der Waals surface area contributed by atoms with E-state index in [4.69, 9.17) is 34.8 Å². The van der Waals surface area contributed by atoms with Crippen LogP contribution in [0.15, 0.2) is 24.3 Å². The van der Waals surface area contributed by atoms with Crippen LogP contribution in [0.2, 0.25) is 15.1 Å². The number of nitrogens with one attached hydrogen (secondary N) is 1. The zero-order chi connectivity index (χ0) is 18.9. The molecular weight excluding hydrogens is 393 g/mol. The number of hydrogen-bond donors (Lipinski definition) is 1. The lowest BCUT2D eigenvalue weighted by Gasteiger charge is -2.17. The van der Waals surface area contributed by atoms with E-state index in [1.807, 2.05) is 0 Å². The predicted molar refractivity (Wildman–Crippen MR) is 98.6 cm³/mol. The van der Waals surface area contributed by atoms with Crippen LogP contribution in [0.4, 0.5) is 22.7 Å². The number of rotatable bonds is 5. The van der Waals surface area contributed by atoms with E-state index in [1.54, 1.807) is 13.8 Å². The Kier molecular flexibility index (Phi) is 5.72. The molecule has 2 aromatic rings. The fourth-order valence-electron chi connectivity index (χ4n) is 2.26. The summed E-state index contributed by atoms with van der Waals surface area (Å²) in [6.07, 6.45) is 0. The van der Waals surface area contributed by atoms with Gasteiger partial charge in [-0.1, -0.05) is 48.7 Å². The molecule has 1 N–H and O–H groups in total. The molecule has 0 heterocycles. The second-order valence-corrected chi connectivity index (χ2v) is 6.72. The highest BCUT2D eigenvalue weighted by molar-refractivity contribution is 6.41. The minimum Gasteiger partial charge on any atom is -0.347 e. The number of nitro groups is 2. The molecule has 0 saturated heterocycles. The van der Waals surface area contributed by atoms with Crippen LogP contribution in [0.1, 0.15) is 25.3 Å². The Morgan fingerprint density at radius 3 is 1.92 bits per heavy atom. The molecule has 0 aliphatic heterocycles. The van der Waals surface area contributed by atoms with Crippen molar-refractivity contribution in [2.24, 2.45) is 0 Å². The minimum atomic E-state index is -0.695. The smallest absolute Gasteiger partial charge is 0.299 e. The molecule has 2 aromatic carbocycles. The maximum atomic E-state index is 11.4. The Labute approximate surface area is 157 Å². The summed E-state index contributed by atoms with van der Waals surface area (Å²) >= 11 is 18.1. The molecule has 10 heteroatoms. The van der Waals surface area contributed by atoms with Crippen LogP contribution in [-0.4, -0.2) is 9.85 Å². The minimum absolute atomic E-state index is 0.0942. The molecule has 0 saturated carbocycles. The first kappa shape index (κ1) is 19.2. The molecule has 0 aliphatic carbocycles. The lowest BCUT2D eigenvalue weighted by molar-refractivity contribution is -0.393. The molecule has 0 fully saturated rings. The first-order chi connectivity index (χ1) is 11.6. The van der Waals surface area contributed by atoms with E-state index in [2.05, 4.69) is 5.32 Å². The third-order valence-corrected chi connectivity index (χ3v) is 4.23. The van der Waals surface area contributed by atoms with Crippen molar-refractivity contribution in [1.29, 1.82) is 0 Å². The van der Waals surface area contributed by atoms with E-state index in [9.17, 15) is 20.2 Å². The second-order valence-electron chi connectivity index (χ2n) is 5.47. The van der Waals surface area contributed by atoms with Gasteiger partial charge in [0, 0.05) is 11.1 Å². The summed E-state index contributed by atoms with van der Waals surface area (Å²) in [4.78, 5) is 21.1. The van der Waals surface area contributed by atoms with Crippen LogP contribution >= 0.6 is 34.8 Å². The molecule has 2 rings (SSSR count). The number of anilines is 2. The van der Waals surface area contributed by atoms with Gasteiger partial charge in [0.2, 0.25) is 0 Å². The van der Waals surface area contributed by atoms with Crippen molar-refractivity contribution in [2.75, 3.05) is 5.32 Å². The third-order valence-electron chi connectivity index (χ3n) is 3.42. The van der Waals surface area contributed by atoms with Gasteiger partial charge in [-0.3, -0.25) is 20.2 Å². The van der Waals surface area contributed by atoms with E-state index < -0.39 is 15.5 Å². The molecular formula is C15H12Cl3N3O4. The monoisotopic (exact) mass is 403 g/mol. The molecule has 0 atom stereocenters. The standard InChI is InChI=1S/C15H12Cl3N3O4/c1-7(2)10-5-9(20(22)23)6-13(21(24)25)14(10)19-15-11(17)3-8(16)4-12(15)18/h3-7,19H,1-2H3. The van der Waals surface area contributed by atoms with Crippen molar-refractivity contribution in [3.05, 3.63) is 65.1 Å². The lowest BCUT2D eigenvalue weighted by atomic mass is 9.98. The zero-order valence-corrected chi connectivity index (χ0v) is 15.3. The Hall–Kier alpha value is -2.09. The van der Waals surface area contributed by atoms with E-state index in [0.29, 0.717) is 10.6 Å². The Morgan fingerprint density at radius 1 is 0.920 bits per heavy atom. The largest absolute Gasteiger partial charge is 0.347 e. The van der Waals surface area contributed by atoms with Crippen LogP contribution in [0.25, 0.3) is 0 Å². The summed E-state index contributed by atoms with van der Waals surface area (Å²) in [5.41, 5.74) is -0.0967. The van der Waals surface area contributed by atoms with Crippen LogP contribution < -0.4 is 5.32 Å². The Balaban J connectivity index is 2.71. The van der Waals surface area contributed by atoms with Gasteiger partial charge in [-0.25, -0.2) is 0 Å². The van der Waals surface area contributed by atoms with E-state index in [0.717, 1.165) is 6.07 Å². The maximum Gasteiger partial charge on any atom is 0.299 e. The van der Waals surface area contributed by atoms with Gasteiger partial charge >= 0.3 is 0 Å². The van der Waals surface area contributed by atoms with E-state index in [-0.39, 0.29) is 33.0 Å². The predicted octanol–water partition coefficient (Wildman–Crippen LogP) is 6.33. The second kappa shape index (κ2) is 7.43. The van der Waals surface area contributed by atoms with Crippen molar-refractivity contribution in [2.45, 2.75) is 19.8 Å². The normalized spacial score (nSPS) is 10.8. The average Bonchev–Trinajstić information content (AvgIpc) is 2.49. The van der Waals surface area contributed by atoms with E-state index >= 15 is 0 Å². The van der Waals surface area contributed by atoms with Gasteiger partial charge in [-0.2, -0.15) is 0 Å². The molecule has 0 amide bonds. The first-order valence-electron chi connectivity index (χ1n) is 7.00. The highest BCUT2D eigenvalue weighted by Gasteiger charge is 2.26. The van der Waals surface area contributed by atoms with Gasteiger partial charge in [0.05, 0.1) is 31.6 Å². The summed E-state index contributed by atoms with van der Waals surface area (Å²) in [6, 6.07) is 5.05. The summed E-state index contributed by atoms with van der Waals surface area (Å²) in [7, 11) is 0. The van der Waals surface area contributed by atoms with Gasteiger partial charge in [0.1, 0.15) is 5.69 Å². The maximum absolute atomic E-state index is 11.4. The number of nitro benzene ring substituents is 2. The topological polar surface area (TPSA) is 98.3 Å². The molecule has 0 unspecified atom stereocenters. The average molecular weight is 405 g/mol. The molecule has 0 aromatic heterocycles. The zero-order valence-electron chi connectivity index (χ0n) is 13.0. The summed E-state index contributed by atoms with van der Waals surface area (Å²) in [5, 5.41) is 26.0. The van der Waals surface area contributed by atoms with Crippen molar-refractivity contribution >= 4 is 57.6 Å². The Bertz CT molecular complexity index is 848. The van der Waals surface area contributed by atoms with Crippen molar-refractivity contribution < 1.29 is 9.85 Å². The summed E-state index contributed by atoms with van der Waals surface area (Å²) < 4.78 is 0. The van der Waals surface area contributed by atoms with Gasteiger partial charge in [0.15, 0.2) is 0 Å². The van der Waals surface area contributed by atoms with E-state index in [1.165, 1.54) is 18.2 Å². The number of non-ortho nitro benzene ring substituents is 1. The fourth-order valence-corrected chi connectivity index (χ4v) is 3.17. The third kappa shape index (κ3) is 4.12. The van der Waals surface area contributed by atoms with Gasteiger partial charge in [-0.05, 0) is 23.6 Å². The molecule has 0 spiro atoms. The SMILES string of the molecule is CC(C)c1cc([N+](=O)[O-])cc([N+](=O)[O-])c1Nc1c(Cl)cc(Cl)cc1Cl. The number of halogens is 3. The first-order valence-corrected chi connectivity index (χ1v) is 8.13. The lowest BCUT2D eigenvalue weighted by Crippen LogP contribution is -2.05. The van der Waals surface area contributed by atoms with Crippen molar-refractivity contribution in [1.82, 2.24) is 0 Å². The number of benzene rings is 2. The van der Waals surface area contributed by atoms with Gasteiger partial charge in [-0.15, -0.1) is 0 Å². The fraction of sp³-hybridized carbons (Fsp3) is 0.200. The molecule has 7 nitrogen and oxygen atoms in total. The summed E-state index contributed by atoms with van der Waals surface area (Å²) in [5.74, 6) is -0.231. The molecule has 25 heavy (non-hydrogen) atoms. The quantitative estimate of drug-likeness (QED) is 0.463. The van der Waals surface area contributed by atoms with Gasteiger partial charge < -0.3 is 5.32 Å². The highest BCUT2D eigenvalue weighted by atomic mass is 35.5. The number of nitrogens with zero attached hydrogens (tertiary/aromatic N) is 2. The highest BCUT2D eigenvalue weighted by Crippen LogP contribution is 2.42. The summed E-state index contributed by atoms with van der Waals surface area (Å²) in [6.45, 7) is 3.53. The molecule has 0 aliphatic rings. The molecule has 0 bridgehead atoms. The van der Waals surface area contributed by atoms with Crippen molar-refractivity contribution in [3.8, 4) is 0 Å². The van der Waals surface area contributed by atoms with Crippen LogP contribution in [0, 0.1) is 20.2 Å². The van der Waals surface area contributed by atoms with Crippen LogP contribution in [0.3, 0.4) is 0 Å². The Morgan fingerprint density at radius 2 is 1.48 bits per heavy atom. The van der Waals surface area contributed by atoms with Crippen LogP contribution in [-0.2, 0) is 0 Å².